The Hall–Kier alpha value is -1.32. The lowest BCUT2D eigenvalue weighted by atomic mass is 10.2. The molecule has 0 aromatic rings. The summed E-state index contributed by atoms with van der Waals surface area (Å²) in [5.41, 5.74) is 0. The van der Waals surface area contributed by atoms with E-state index in [0.717, 1.165) is 0 Å². The molecule has 0 unspecified atom stereocenters. The van der Waals surface area contributed by atoms with Crippen molar-refractivity contribution in [1.82, 2.24) is 4.90 Å². The molecule has 16 heavy (non-hydrogen) atoms. The molecule has 0 aromatic heterocycles. The summed E-state index contributed by atoms with van der Waals surface area (Å²) in [6, 6.07) is 1.28. The lowest BCUT2D eigenvalue weighted by Crippen LogP contribution is -2.49. The van der Waals surface area contributed by atoms with E-state index in [2.05, 4.69) is 0 Å². The maximum Gasteiger partial charge on any atom is 0.383 e. The summed E-state index contributed by atoms with van der Waals surface area (Å²) in [5, 5.41) is 8.29. The van der Waals surface area contributed by atoms with Gasteiger partial charge in [-0.3, -0.25) is 4.79 Å². The van der Waals surface area contributed by atoms with Crippen LogP contribution in [0.4, 0.5) is 17.6 Å². The first-order chi connectivity index (χ1) is 7.41. The SMILES string of the molecule is N#CCCN(C(=O)C(F)(F)C(F)F)C1CC1. The van der Waals surface area contributed by atoms with Gasteiger partial charge in [0.15, 0.2) is 0 Å². The van der Waals surface area contributed by atoms with Crippen LogP contribution in [0.2, 0.25) is 0 Å². The Bertz CT molecular complexity index is 309. The van der Waals surface area contributed by atoms with E-state index in [1.165, 1.54) is 0 Å². The van der Waals surface area contributed by atoms with Crippen molar-refractivity contribution in [2.75, 3.05) is 6.54 Å². The summed E-state index contributed by atoms with van der Waals surface area (Å²) in [6.45, 7) is -0.220. The first-order valence-electron chi connectivity index (χ1n) is 4.75. The van der Waals surface area contributed by atoms with Crippen molar-refractivity contribution in [3.63, 3.8) is 0 Å². The number of carbonyl (C=O) groups is 1. The molecule has 3 nitrogen and oxygen atoms in total. The van der Waals surface area contributed by atoms with E-state index < -0.39 is 24.3 Å². The summed E-state index contributed by atoms with van der Waals surface area (Å²) < 4.78 is 49.5. The van der Waals surface area contributed by atoms with E-state index in [1.54, 1.807) is 6.07 Å². The number of alkyl halides is 4. The summed E-state index contributed by atoms with van der Waals surface area (Å²) in [4.78, 5) is 11.9. The predicted octanol–water partition coefficient (Wildman–Crippen LogP) is 1.79. The van der Waals surface area contributed by atoms with Gasteiger partial charge in [-0.1, -0.05) is 0 Å². The number of nitrogens with zero attached hydrogens (tertiary/aromatic N) is 2. The average Bonchev–Trinajstić information content (AvgIpc) is 3.01. The zero-order valence-electron chi connectivity index (χ0n) is 8.30. The average molecular weight is 238 g/mol. The molecule has 0 aliphatic heterocycles. The monoisotopic (exact) mass is 238 g/mol. The van der Waals surface area contributed by atoms with Crippen LogP contribution in [0.25, 0.3) is 0 Å². The van der Waals surface area contributed by atoms with Crippen molar-refractivity contribution in [2.24, 2.45) is 0 Å². The minimum atomic E-state index is -4.65. The van der Waals surface area contributed by atoms with Gasteiger partial charge in [0.2, 0.25) is 0 Å². The third-order valence-corrected chi connectivity index (χ3v) is 2.27. The van der Waals surface area contributed by atoms with Crippen molar-refractivity contribution in [1.29, 1.82) is 5.26 Å². The number of hydrogen-bond donors (Lipinski definition) is 0. The Morgan fingerprint density at radius 2 is 2.06 bits per heavy atom. The number of rotatable bonds is 5. The van der Waals surface area contributed by atoms with Gasteiger partial charge in [-0.05, 0) is 12.8 Å². The zero-order valence-corrected chi connectivity index (χ0v) is 8.30. The van der Waals surface area contributed by atoms with Crippen LogP contribution in [0.15, 0.2) is 0 Å². The molecule has 0 radical (unpaired) electrons. The molecule has 1 saturated carbocycles. The minimum absolute atomic E-state index is 0.137. The minimum Gasteiger partial charge on any atom is -0.333 e. The second-order valence-electron chi connectivity index (χ2n) is 3.56. The highest BCUT2D eigenvalue weighted by Crippen LogP contribution is 2.33. The zero-order chi connectivity index (χ0) is 12.3. The molecule has 0 atom stereocenters. The smallest absolute Gasteiger partial charge is 0.333 e. The molecule has 0 heterocycles. The Morgan fingerprint density at radius 1 is 1.50 bits per heavy atom. The predicted molar refractivity (Wildman–Crippen MR) is 45.9 cm³/mol. The molecule has 0 spiro atoms. The fourth-order valence-corrected chi connectivity index (χ4v) is 1.29. The molecule has 0 N–H and O–H groups in total. The Balaban J connectivity index is 2.71. The van der Waals surface area contributed by atoms with Crippen LogP contribution in [0.3, 0.4) is 0 Å². The lowest BCUT2D eigenvalue weighted by molar-refractivity contribution is -0.181. The number of nitriles is 1. The number of hydrogen-bond acceptors (Lipinski definition) is 2. The highest BCUT2D eigenvalue weighted by Gasteiger charge is 2.53. The fraction of sp³-hybridized carbons (Fsp3) is 0.778. The van der Waals surface area contributed by atoms with Gasteiger partial charge in [-0.15, -0.1) is 0 Å². The third kappa shape index (κ3) is 2.62. The third-order valence-electron chi connectivity index (χ3n) is 2.27. The van der Waals surface area contributed by atoms with Crippen molar-refractivity contribution >= 4 is 5.91 Å². The molecule has 1 fully saturated rings. The summed E-state index contributed by atoms with van der Waals surface area (Å²) in [7, 11) is 0. The fourth-order valence-electron chi connectivity index (χ4n) is 1.29. The topological polar surface area (TPSA) is 44.1 Å². The van der Waals surface area contributed by atoms with Crippen LogP contribution in [0.1, 0.15) is 19.3 Å². The van der Waals surface area contributed by atoms with E-state index in [1.807, 2.05) is 0 Å². The van der Waals surface area contributed by atoms with Gasteiger partial charge in [-0.25, -0.2) is 8.78 Å². The van der Waals surface area contributed by atoms with Gasteiger partial charge in [0, 0.05) is 12.6 Å². The van der Waals surface area contributed by atoms with Crippen molar-refractivity contribution < 1.29 is 22.4 Å². The number of carbonyl (C=O) groups excluding carboxylic acids is 1. The maximum absolute atomic E-state index is 12.8. The molecule has 0 saturated heterocycles. The summed E-state index contributed by atoms with van der Waals surface area (Å²) in [5.74, 6) is -6.53. The highest BCUT2D eigenvalue weighted by atomic mass is 19.3. The molecular formula is C9H10F4N2O. The standard InChI is InChI=1S/C9H10F4N2O/c10-7(11)9(12,13)8(16)15(5-1-4-14)6-2-3-6/h6-7H,1-3,5H2. The lowest BCUT2D eigenvalue weighted by Gasteiger charge is -2.25. The van der Waals surface area contributed by atoms with E-state index in [4.69, 9.17) is 5.26 Å². The van der Waals surface area contributed by atoms with Crippen LogP contribution in [-0.2, 0) is 4.79 Å². The molecule has 1 aliphatic rings. The van der Waals surface area contributed by atoms with Crippen LogP contribution in [-0.4, -0.2) is 35.7 Å². The second-order valence-corrected chi connectivity index (χ2v) is 3.56. The Labute approximate surface area is 89.6 Å². The first-order valence-corrected chi connectivity index (χ1v) is 4.75. The number of amides is 1. The molecule has 1 amide bonds. The van der Waals surface area contributed by atoms with E-state index in [9.17, 15) is 22.4 Å². The van der Waals surface area contributed by atoms with Gasteiger partial charge in [0.25, 0.3) is 5.91 Å². The van der Waals surface area contributed by atoms with Crippen molar-refractivity contribution in [3.05, 3.63) is 0 Å². The normalized spacial score (nSPS) is 16.0. The van der Waals surface area contributed by atoms with Crippen LogP contribution < -0.4 is 0 Å². The van der Waals surface area contributed by atoms with Crippen LogP contribution >= 0.6 is 0 Å². The highest BCUT2D eigenvalue weighted by molar-refractivity contribution is 5.84. The maximum atomic E-state index is 12.8. The molecule has 7 heteroatoms. The second kappa shape index (κ2) is 4.68. The molecular weight excluding hydrogens is 228 g/mol. The van der Waals surface area contributed by atoms with Crippen LogP contribution in [0, 0.1) is 11.3 Å². The largest absolute Gasteiger partial charge is 0.383 e. The van der Waals surface area contributed by atoms with Gasteiger partial charge in [0.1, 0.15) is 0 Å². The molecule has 1 rings (SSSR count). The Kier molecular flexibility index (Phi) is 3.73. The molecule has 1 aliphatic carbocycles. The van der Waals surface area contributed by atoms with Gasteiger partial charge < -0.3 is 4.90 Å². The quantitative estimate of drug-likeness (QED) is 0.685. The van der Waals surface area contributed by atoms with E-state index >= 15 is 0 Å². The first kappa shape index (κ1) is 12.7. The van der Waals surface area contributed by atoms with Gasteiger partial charge in [0.05, 0.1) is 12.5 Å². The molecule has 90 valence electrons. The van der Waals surface area contributed by atoms with Crippen molar-refractivity contribution in [2.45, 2.75) is 37.7 Å². The van der Waals surface area contributed by atoms with Crippen molar-refractivity contribution in [3.8, 4) is 6.07 Å². The Morgan fingerprint density at radius 3 is 2.44 bits per heavy atom. The molecule has 0 aromatic carbocycles. The summed E-state index contributed by atoms with van der Waals surface area (Å²) in [6.07, 6.45) is -3.10. The van der Waals surface area contributed by atoms with Gasteiger partial charge in [-0.2, -0.15) is 14.0 Å². The molecule has 0 bridgehead atoms. The number of halogens is 4. The van der Waals surface area contributed by atoms with E-state index in [0.29, 0.717) is 17.7 Å². The van der Waals surface area contributed by atoms with Crippen LogP contribution in [0.5, 0.6) is 0 Å². The van der Waals surface area contributed by atoms with E-state index in [-0.39, 0.29) is 13.0 Å². The summed E-state index contributed by atoms with van der Waals surface area (Å²) >= 11 is 0. The van der Waals surface area contributed by atoms with Gasteiger partial charge >= 0.3 is 12.3 Å².